The number of nitrogens with zero attached hydrogens (tertiary/aromatic N) is 3. The molecule has 9 nitrogen and oxygen atoms in total. The van der Waals surface area contributed by atoms with Gasteiger partial charge in [-0.3, -0.25) is 4.90 Å². The number of esters is 2. The number of likely N-dealkylation sites (tertiary alicyclic amines) is 1. The highest BCUT2D eigenvalue weighted by molar-refractivity contribution is 6.06. The number of nitriles is 1. The molecule has 1 fully saturated rings. The molecular weight excluding hydrogens is 484 g/mol. The quantitative estimate of drug-likeness (QED) is 0.552. The van der Waals surface area contributed by atoms with E-state index in [-0.39, 0.29) is 28.7 Å². The lowest BCUT2D eigenvalue weighted by molar-refractivity contribution is -0.139. The van der Waals surface area contributed by atoms with Gasteiger partial charge in [-0.25, -0.2) is 9.59 Å². The minimum atomic E-state index is -0.928. The lowest BCUT2D eigenvalue weighted by Gasteiger charge is -2.37. The molecule has 0 aliphatic carbocycles. The van der Waals surface area contributed by atoms with Crippen LogP contribution in [0.4, 0.5) is 5.69 Å². The lowest BCUT2D eigenvalue weighted by atomic mass is 9.81. The number of benzene rings is 2. The highest BCUT2D eigenvalue weighted by Crippen LogP contribution is 2.45. The number of ether oxygens (including phenoxy) is 3. The fraction of sp³-hybridized carbons (Fsp3) is 0.345. The van der Waals surface area contributed by atoms with Crippen LogP contribution in [0.25, 0.3) is 0 Å². The van der Waals surface area contributed by atoms with Gasteiger partial charge in [-0.05, 0) is 44.1 Å². The second-order valence-electron chi connectivity index (χ2n) is 9.24. The van der Waals surface area contributed by atoms with E-state index >= 15 is 0 Å². The predicted molar refractivity (Wildman–Crippen MR) is 142 cm³/mol. The molecule has 9 heteroatoms. The summed E-state index contributed by atoms with van der Waals surface area (Å²) in [6.07, 6.45) is 3.30. The van der Waals surface area contributed by atoms with Crippen LogP contribution in [0.3, 0.4) is 0 Å². The van der Waals surface area contributed by atoms with Gasteiger partial charge in [-0.15, -0.1) is 0 Å². The summed E-state index contributed by atoms with van der Waals surface area (Å²) in [5.41, 5.74) is 7.58. The number of piperidine rings is 1. The first-order chi connectivity index (χ1) is 18.4. The van der Waals surface area contributed by atoms with Gasteiger partial charge in [-0.2, -0.15) is 5.26 Å². The van der Waals surface area contributed by atoms with E-state index in [0.29, 0.717) is 23.6 Å². The predicted octanol–water partition coefficient (Wildman–Crippen LogP) is 3.45. The van der Waals surface area contributed by atoms with Crippen LogP contribution in [0.15, 0.2) is 77.3 Å². The highest BCUT2D eigenvalue weighted by atomic mass is 16.5. The van der Waals surface area contributed by atoms with Crippen LogP contribution in [-0.2, 0) is 19.1 Å². The second-order valence-corrected chi connectivity index (χ2v) is 9.24. The first-order valence-electron chi connectivity index (χ1n) is 12.5. The molecule has 0 radical (unpaired) electrons. The van der Waals surface area contributed by atoms with Crippen molar-refractivity contribution in [1.82, 2.24) is 4.90 Å². The lowest BCUT2D eigenvalue weighted by Crippen LogP contribution is -2.41. The smallest absolute Gasteiger partial charge is 0.355 e. The van der Waals surface area contributed by atoms with Crippen molar-refractivity contribution in [1.29, 1.82) is 5.26 Å². The van der Waals surface area contributed by atoms with Crippen LogP contribution in [0.2, 0.25) is 0 Å². The Labute approximate surface area is 222 Å². The maximum atomic E-state index is 13.3. The van der Waals surface area contributed by atoms with Crippen LogP contribution < -0.4 is 15.4 Å². The fourth-order valence-electron chi connectivity index (χ4n) is 5.07. The number of hydrogen-bond donors (Lipinski definition) is 1. The molecule has 4 rings (SSSR count). The molecule has 0 spiro atoms. The number of likely N-dealkylation sites (N-methyl/N-ethyl adjacent to an activating group) is 1. The van der Waals surface area contributed by atoms with Gasteiger partial charge < -0.3 is 24.8 Å². The van der Waals surface area contributed by atoms with E-state index in [1.807, 2.05) is 12.1 Å². The maximum Gasteiger partial charge on any atom is 0.355 e. The average molecular weight is 517 g/mol. The van der Waals surface area contributed by atoms with Gasteiger partial charge in [0.25, 0.3) is 0 Å². The van der Waals surface area contributed by atoms with Crippen molar-refractivity contribution in [3.8, 4) is 11.8 Å². The first kappa shape index (κ1) is 26.8. The van der Waals surface area contributed by atoms with E-state index in [2.05, 4.69) is 18.0 Å². The number of carbonyl (C=O) groups excluding carboxylic acids is 2. The summed E-state index contributed by atoms with van der Waals surface area (Å²) in [7, 11) is 4.52. The van der Waals surface area contributed by atoms with E-state index in [9.17, 15) is 14.9 Å². The van der Waals surface area contributed by atoms with E-state index in [1.165, 1.54) is 19.1 Å². The van der Waals surface area contributed by atoms with Gasteiger partial charge in [0.05, 0.1) is 43.0 Å². The summed E-state index contributed by atoms with van der Waals surface area (Å²) >= 11 is 0. The molecule has 38 heavy (non-hydrogen) atoms. The van der Waals surface area contributed by atoms with E-state index in [4.69, 9.17) is 19.9 Å². The van der Waals surface area contributed by atoms with Crippen molar-refractivity contribution < 1.29 is 23.8 Å². The van der Waals surface area contributed by atoms with Gasteiger partial charge in [-0.1, -0.05) is 48.9 Å². The largest absolute Gasteiger partial charge is 0.490 e. The zero-order chi connectivity index (χ0) is 27.2. The number of methoxy groups -OCH3 is 2. The summed E-state index contributed by atoms with van der Waals surface area (Å²) in [6, 6.07) is 18.4. The Kier molecular flexibility index (Phi) is 8.34. The Morgan fingerprint density at radius 1 is 1.03 bits per heavy atom. The van der Waals surface area contributed by atoms with Crippen LogP contribution in [0, 0.1) is 11.3 Å². The SMILES string of the molecule is COC(=O)C1=C(C(=O)OC)N(c2ccccc2OCC2CCCCN2C)C(N)=C(C#N)C1c1ccccc1. The summed E-state index contributed by atoms with van der Waals surface area (Å²) in [6.45, 7) is 1.44. The number of nitrogens with two attached hydrogens (primary N) is 1. The molecule has 0 bridgehead atoms. The Balaban J connectivity index is 1.89. The minimum absolute atomic E-state index is 0.000223. The van der Waals surface area contributed by atoms with Crippen molar-refractivity contribution in [3.05, 3.63) is 82.8 Å². The Bertz CT molecular complexity index is 1300. The maximum absolute atomic E-state index is 13.3. The number of carbonyl (C=O) groups is 2. The molecule has 0 amide bonds. The van der Waals surface area contributed by atoms with Gasteiger partial charge in [0.15, 0.2) is 0 Å². The molecule has 2 heterocycles. The van der Waals surface area contributed by atoms with Crippen LogP contribution in [0.1, 0.15) is 30.7 Å². The van der Waals surface area contributed by atoms with Gasteiger partial charge in [0.1, 0.15) is 23.9 Å². The van der Waals surface area contributed by atoms with Crippen molar-refractivity contribution in [2.45, 2.75) is 31.2 Å². The Morgan fingerprint density at radius 3 is 2.37 bits per heavy atom. The summed E-state index contributed by atoms with van der Waals surface area (Å²) in [4.78, 5) is 30.2. The van der Waals surface area contributed by atoms with E-state index in [0.717, 1.165) is 25.8 Å². The number of hydrogen-bond acceptors (Lipinski definition) is 9. The molecule has 1 saturated heterocycles. The molecule has 0 saturated carbocycles. The molecule has 2 aliphatic heterocycles. The first-order valence-corrected chi connectivity index (χ1v) is 12.5. The standard InChI is InChI=1S/C29H32N4O5/c1-32-16-10-9-13-20(32)18-38-23-15-8-7-14-22(23)33-26(29(35)37-3)25(28(34)36-2)24(21(17-30)27(33)31)19-11-5-4-6-12-19/h4-8,11-12,14-15,20,24H,9-10,13,16,18,31H2,1-3H3. The number of anilines is 1. The zero-order valence-corrected chi connectivity index (χ0v) is 21.8. The van der Waals surface area contributed by atoms with Crippen LogP contribution >= 0.6 is 0 Å². The summed E-state index contributed by atoms with van der Waals surface area (Å²) in [5, 5.41) is 10.2. The van der Waals surface area contributed by atoms with Crippen LogP contribution in [-0.4, -0.2) is 57.3 Å². The van der Waals surface area contributed by atoms with Gasteiger partial charge in [0, 0.05) is 6.04 Å². The van der Waals surface area contributed by atoms with Gasteiger partial charge >= 0.3 is 11.9 Å². The monoisotopic (exact) mass is 516 g/mol. The molecular formula is C29H32N4O5. The highest BCUT2D eigenvalue weighted by Gasteiger charge is 2.43. The average Bonchev–Trinajstić information content (AvgIpc) is 2.96. The number of allylic oxidation sites excluding steroid dienone is 1. The topological polar surface area (TPSA) is 118 Å². The third-order valence-corrected chi connectivity index (χ3v) is 7.07. The molecule has 2 aromatic carbocycles. The molecule has 2 unspecified atom stereocenters. The molecule has 2 aromatic rings. The van der Waals surface area contributed by atoms with Crippen molar-refractivity contribution in [3.63, 3.8) is 0 Å². The van der Waals surface area contributed by atoms with Crippen molar-refractivity contribution >= 4 is 17.6 Å². The third kappa shape index (κ3) is 5.08. The van der Waals surface area contributed by atoms with E-state index < -0.39 is 17.9 Å². The molecule has 2 aliphatic rings. The molecule has 2 atom stereocenters. The zero-order valence-electron chi connectivity index (χ0n) is 21.8. The van der Waals surface area contributed by atoms with Crippen LogP contribution in [0.5, 0.6) is 5.75 Å². The Morgan fingerprint density at radius 2 is 1.71 bits per heavy atom. The minimum Gasteiger partial charge on any atom is -0.490 e. The van der Waals surface area contributed by atoms with E-state index in [1.54, 1.807) is 42.5 Å². The molecule has 0 aromatic heterocycles. The molecule has 198 valence electrons. The number of rotatable bonds is 7. The fourth-order valence-corrected chi connectivity index (χ4v) is 5.07. The summed E-state index contributed by atoms with van der Waals surface area (Å²) in [5.74, 6) is -2.04. The molecule has 2 N–H and O–H groups in total. The second kappa shape index (κ2) is 11.8. The van der Waals surface area contributed by atoms with Gasteiger partial charge in [0.2, 0.25) is 0 Å². The normalized spacial score (nSPS) is 20.1. The Hall–Kier alpha value is -4.29. The third-order valence-electron chi connectivity index (χ3n) is 7.07. The summed E-state index contributed by atoms with van der Waals surface area (Å²) < 4.78 is 16.5. The number of para-hydroxylation sites is 2. The van der Waals surface area contributed by atoms with Crippen molar-refractivity contribution in [2.75, 3.05) is 39.3 Å². The van der Waals surface area contributed by atoms with Crippen molar-refractivity contribution in [2.24, 2.45) is 5.73 Å².